The van der Waals surface area contributed by atoms with Crippen molar-refractivity contribution in [2.24, 2.45) is 5.73 Å². The second kappa shape index (κ2) is 32.8. The van der Waals surface area contributed by atoms with E-state index in [1.165, 1.54) is 36.6 Å². The molecule has 212 valence electrons. The van der Waals surface area contributed by atoms with Gasteiger partial charge in [0.05, 0.1) is 0 Å². The summed E-state index contributed by atoms with van der Waals surface area (Å²) in [6.07, 6.45) is 5.06. The van der Waals surface area contributed by atoms with Crippen LogP contribution in [-0.4, -0.2) is 63.4 Å². The van der Waals surface area contributed by atoms with E-state index in [0.717, 1.165) is 26.9 Å². The normalized spacial score (nSPS) is 12.4. The molecule has 0 radical (unpaired) electrons. The number of nitrogens with one attached hydrogen (secondary N) is 3. The molecule has 13 nitrogen and oxygen atoms in total. The van der Waals surface area contributed by atoms with Crippen molar-refractivity contribution in [3.63, 3.8) is 0 Å². The second-order valence-corrected chi connectivity index (χ2v) is 7.26. The molecule has 0 aliphatic carbocycles. The van der Waals surface area contributed by atoms with E-state index in [1.54, 1.807) is 0 Å². The van der Waals surface area contributed by atoms with Gasteiger partial charge in [-0.3, -0.25) is 19.2 Å². The Morgan fingerprint density at radius 3 is 1.59 bits per heavy atom. The summed E-state index contributed by atoms with van der Waals surface area (Å²) in [5.41, 5.74) is 15.4. The van der Waals surface area contributed by atoms with Gasteiger partial charge in [0.2, 0.25) is 0 Å². The molecule has 2 rings (SSSR count). The number of hydrogen-bond acceptors (Lipinski definition) is 10. The highest BCUT2D eigenvalue weighted by molar-refractivity contribution is 7.85. The molecular formula is C23H41N5O8S. The number of aryl methyl sites for hydroxylation is 1. The van der Waals surface area contributed by atoms with Crippen LogP contribution in [0.4, 0.5) is 0 Å². The minimum Gasteiger partial charge on any atom is -0.481 e. The fourth-order valence-electron chi connectivity index (χ4n) is 1.90. The lowest BCUT2D eigenvalue weighted by Gasteiger charge is -2.03. The molecule has 0 spiro atoms. The third kappa shape index (κ3) is 59.8. The van der Waals surface area contributed by atoms with Gasteiger partial charge in [-0.15, -0.1) is 0 Å². The van der Waals surface area contributed by atoms with Crippen LogP contribution in [0.5, 0.6) is 0 Å². The zero-order chi connectivity index (χ0) is 29.5. The fraction of sp³-hybridized carbons (Fsp3) is 0.522. The Labute approximate surface area is 223 Å². The lowest BCUT2D eigenvalue weighted by Crippen LogP contribution is -2.43. The summed E-state index contributed by atoms with van der Waals surface area (Å²) >= 11 is 3.09. The van der Waals surface area contributed by atoms with E-state index < -0.39 is 29.9 Å². The van der Waals surface area contributed by atoms with E-state index in [-0.39, 0.29) is 12.8 Å². The molecule has 1 fully saturated rings. The zero-order valence-electron chi connectivity index (χ0n) is 21.5. The topological polar surface area (TPSA) is 235 Å². The van der Waals surface area contributed by atoms with Crippen LogP contribution >= 0.6 is 12.6 Å². The number of thiocyanates is 1. The largest absolute Gasteiger partial charge is 0.481 e. The molecule has 1 unspecified atom stereocenters. The lowest BCUT2D eigenvalue weighted by molar-refractivity contribution is -0.140. The van der Waals surface area contributed by atoms with Crippen LogP contribution in [0, 0.1) is 17.6 Å². The number of nitriles is 1. The summed E-state index contributed by atoms with van der Waals surface area (Å²) in [4.78, 5) is 37.9. The monoisotopic (exact) mass is 547 g/mol. The number of rotatable bonds is 4. The van der Waals surface area contributed by atoms with Crippen LogP contribution < -0.4 is 22.1 Å². The molecule has 14 heteroatoms. The molecule has 0 saturated carbocycles. The Morgan fingerprint density at radius 2 is 1.32 bits per heavy atom. The van der Waals surface area contributed by atoms with Gasteiger partial charge >= 0.3 is 11.9 Å². The quantitative estimate of drug-likeness (QED) is 0.194. The highest BCUT2D eigenvalue weighted by Gasteiger charge is 2.12. The second-order valence-electron chi connectivity index (χ2n) is 7.06. The Bertz CT molecular complexity index is 700. The number of thiol groups is 1. The first-order valence-corrected chi connectivity index (χ1v) is 11.6. The summed E-state index contributed by atoms with van der Waals surface area (Å²) in [5, 5.41) is 39.7. The van der Waals surface area contributed by atoms with Crippen molar-refractivity contribution in [2.75, 3.05) is 13.1 Å². The Kier molecular flexibility index (Phi) is 36.3. The summed E-state index contributed by atoms with van der Waals surface area (Å²) in [5.74, 6) is -3.86. The van der Waals surface area contributed by atoms with E-state index in [1.807, 2.05) is 18.2 Å². The number of carboxylic acids is 4. The predicted molar refractivity (Wildman–Crippen MR) is 142 cm³/mol. The van der Waals surface area contributed by atoms with Crippen molar-refractivity contribution in [2.45, 2.75) is 65.3 Å². The zero-order valence-corrected chi connectivity index (χ0v) is 22.4. The number of carbonyl (C=O) groups is 4. The Hall–Kier alpha value is -3.22. The van der Waals surface area contributed by atoms with Crippen molar-refractivity contribution in [3.8, 4) is 5.40 Å². The highest BCUT2D eigenvalue weighted by Crippen LogP contribution is 1.97. The van der Waals surface area contributed by atoms with E-state index in [4.69, 9.17) is 41.0 Å². The fourth-order valence-corrected chi connectivity index (χ4v) is 1.90. The van der Waals surface area contributed by atoms with Crippen LogP contribution in [0.2, 0.25) is 0 Å². The molecule has 1 aromatic carbocycles. The smallest absolute Gasteiger partial charge is 0.320 e. The number of carboxylic acid groups (broad SMARTS) is 4. The Balaban J connectivity index is -0.000000186. The van der Waals surface area contributed by atoms with E-state index in [2.05, 4.69) is 48.1 Å². The lowest BCUT2D eigenvalue weighted by atomic mass is 10.2. The van der Waals surface area contributed by atoms with Gasteiger partial charge in [-0.2, -0.15) is 10.8 Å². The molecule has 1 aliphatic rings. The van der Waals surface area contributed by atoms with Gasteiger partial charge in [-0.05, 0) is 26.2 Å². The van der Waals surface area contributed by atoms with Crippen LogP contribution in [0.25, 0.3) is 0 Å². The maximum absolute atomic E-state index is 9.99. The molecule has 0 bridgehead atoms. The molecule has 37 heavy (non-hydrogen) atoms. The minimum absolute atomic E-state index is 0.0231. The van der Waals surface area contributed by atoms with Crippen molar-refractivity contribution < 1.29 is 39.6 Å². The first-order valence-electron chi connectivity index (χ1n) is 11.2. The summed E-state index contributed by atoms with van der Waals surface area (Å²) in [7, 11) is 0. The van der Waals surface area contributed by atoms with Gasteiger partial charge in [0.25, 0.3) is 11.9 Å². The number of nitrogens with two attached hydrogens (primary N) is 1. The molecule has 1 atom stereocenters. The van der Waals surface area contributed by atoms with Crippen molar-refractivity contribution in [3.05, 3.63) is 35.9 Å². The molecule has 1 aliphatic heterocycles. The molecule has 0 aromatic heterocycles. The van der Waals surface area contributed by atoms with Gasteiger partial charge in [0.1, 0.15) is 11.4 Å². The van der Waals surface area contributed by atoms with Gasteiger partial charge in [-0.25, -0.2) is 10.9 Å². The number of benzene rings is 1. The highest BCUT2D eigenvalue weighted by atomic mass is 32.1. The molecule has 0 amide bonds. The number of nitrogens with zero attached hydrogens (tertiary/aromatic N) is 1. The molecular weight excluding hydrogens is 506 g/mol. The minimum atomic E-state index is -1.17. The maximum Gasteiger partial charge on any atom is 0.320 e. The SMILES string of the molecule is C1CCCNNNCC1.CC(=O)O.CC(=O)O.Cc1ccccc1.N#CS.NC(CCC(=O)O)C(=O)O. The van der Waals surface area contributed by atoms with Crippen molar-refractivity contribution in [1.82, 2.24) is 16.4 Å². The molecule has 1 heterocycles. The van der Waals surface area contributed by atoms with Crippen LogP contribution in [0.1, 0.15) is 57.9 Å². The summed E-state index contributed by atoms with van der Waals surface area (Å²) in [6.45, 7) is 6.40. The number of hydrogen-bond donors (Lipinski definition) is 9. The predicted octanol–water partition coefficient (Wildman–Crippen LogP) is 2.00. The average Bonchev–Trinajstić information content (AvgIpc) is 2.95. The van der Waals surface area contributed by atoms with E-state index in [9.17, 15) is 9.59 Å². The number of hydrazine groups is 2. The Morgan fingerprint density at radius 1 is 0.946 bits per heavy atom. The van der Waals surface area contributed by atoms with Crippen LogP contribution in [0.3, 0.4) is 0 Å². The molecule has 1 aromatic rings. The van der Waals surface area contributed by atoms with Gasteiger partial charge in [-0.1, -0.05) is 61.4 Å². The molecule has 1 saturated heterocycles. The van der Waals surface area contributed by atoms with Gasteiger partial charge < -0.3 is 26.2 Å². The van der Waals surface area contributed by atoms with Gasteiger partial charge in [0, 0.05) is 33.4 Å². The number of aliphatic carboxylic acids is 4. The van der Waals surface area contributed by atoms with Crippen LogP contribution in [-0.2, 0) is 19.2 Å². The van der Waals surface area contributed by atoms with Crippen molar-refractivity contribution >= 4 is 36.5 Å². The third-order valence-corrected chi connectivity index (χ3v) is 3.46. The first kappa shape index (κ1) is 40.9. The maximum atomic E-state index is 9.99. The van der Waals surface area contributed by atoms with Crippen LogP contribution in [0.15, 0.2) is 30.3 Å². The van der Waals surface area contributed by atoms with E-state index >= 15 is 0 Å². The third-order valence-electron chi connectivity index (χ3n) is 3.46. The first-order chi connectivity index (χ1) is 17.3. The van der Waals surface area contributed by atoms with Crippen molar-refractivity contribution in [1.29, 1.82) is 5.26 Å². The van der Waals surface area contributed by atoms with Gasteiger partial charge in [0.15, 0.2) is 0 Å². The van der Waals surface area contributed by atoms with E-state index in [0.29, 0.717) is 0 Å². The molecule has 9 N–H and O–H groups in total. The summed E-state index contributed by atoms with van der Waals surface area (Å²) < 4.78 is 0. The standard InChI is InChI=1S/C7H8.C6H15N3.C5H9NO4.2C2H4O2.CHNS/c1-7-5-3-2-4-6-7;1-2-4-6-8-9-7-5-3-1;6-3(5(9)10)1-2-4(7)8;2*1-2(3)4;2-1-3/h2-6H,1H3;7-9H,1-6H2;3H,1-2,6H2,(H,7,8)(H,9,10);2*1H3,(H,3,4);3H. The average molecular weight is 548 g/mol. The summed E-state index contributed by atoms with van der Waals surface area (Å²) in [6, 6.07) is 9.20.